The van der Waals surface area contributed by atoms with Crippen molar-refractivity contribution in [2.24, 2.45) is 0 Å². The number of fused-ring (bicyclic) bond motifs is 1. The number of nitrogens with zero attached hydrogens (tertiary/aromatic N) is 3. The maximum absolute atomic E-state index is 10.4. The monoisotopic (exact) mass is 540 g/mol. The van der Waals surface area contributed by atoms with E-state index in [-0.39, 0.29) is 5.60 Å². The van der Waals surface area contributed by atoms with Crippen LogP contribution in [0.2, 0.25) is 0 Å². The van der Waals surface area contributed by atoms with Gasteiger partial charge in [0.05, 0.1) is 5.69 Å². The lowest BCUT2D eigenvalue weighted by Crippen LogP contribution is -2.54. The average molecular weight is 541 g/mol. The molecular weight excluding hydrogens is 500 g/mol. The Kier molecular flexibility index (Phi) is 9.80. The molecule has 39 heavy (non-hydrogen) atoms. The highest BCUT2D eigenvalue weighted by atomic mass is 16.5. The number of phenolic OH excluding ortho intramolecular Hbond substituents is 1. The summed E-state index contributed by atoms with van der Waals surface area (Å²) in [5.74, 6) is -0.0470. The van der Waals surface area contributed by atoms with Gasteiger partial charge in [0.1, 0.15) is 17.1 Å². The lowest BCUT2D eigenvalue weighted by molar-refractivity contribution is -0.134. The third-order valence-electron chi connectivity index (χ3n) is 7.34. The number of aliphatic carboxylic acids is 2. The summed E-state index contributed by atoms with van der Waals surface area (Å²) in [5, 5.41) is 29.5. The lowest BCUT2D eigenvalue weighted by Gasteiger charge is -2.43. The number of nitrogens with one attached hydrogen (secondary N) is 1. The second-order valence-electron chi connectivity index (χ2n) is 10.3. The Morgan fingerprint density at radius 1 is 1.08 bits per heavy atom. The molecule has 1 fully saturated rings. The van der Waals surface area contributed by atoms with Crippen LogP contribution >= 0.6 is 0 Å². The first-order valence-electron chi connectivity index (χ1n) is 13.3. The Bertz CT molecular complexity index is 1210. The molecule has 10 heteroatoms. The molecule has 1 unspecified atom stereocenters. The van der Waals surface area contributed by atoms with Gasteiger partial charge < -0.3 is 30.3 Å². The Hall–Kier alpha value is -3.79. The Balaban J connectivity index is 0.000000459. The second kappa shape index (κ2) is 12.8. The molecule has 3 heterocycles. The number of piperazine rings is 1. The minimum Gasteiger partial charge on any atom is -0.507 e. The number of ether oxygens (including phenoxy) is 1. The first kappa shape index (κ1) is 29.8. The van der Waals surface area contributed by atoms with E-state index >= 15 is 0 Å². The summed E-state index contributed by atoms with van der Waals surface area (Å²) in [4.78, 5) is 28.6. The largest absolute Gasteiger partial charge is 0.507 e. The van der Waals surface area contributed by atoms with Crippen molar-refractivity contribution in [3.8, 4) is 11.5 Å². The van der Waals surface area contributed by atoms with Crippen molar-refractivity contribution < 1.29 is 29.6 Å². The van der Waals surface area contributed by atoms with Gasteiger partial charge in [-0.1, -0.05) is 0 Å². The van der Waals surface area contributed by atoms with Crippen molar-refractivity contribution in [3.05, 3.63) is 52.7 Å². The van der Waals surface area contributed by atoms with Crippen molar-refractivity contribution in [1.82, 2.24) is 9.88 Å². The first-order valence-corrected chi connectivity index (χ1v) is 13.3. The summed E-state index contributed by atoms with van der Waals surface area (Å²) in [7, 11) is 0. The van der Waals surface area contributed by atoms with Gasteiger partial charge >= 0.3 is 11.9 Å². The van der Waals surface area contributed by atoms with E-state index in [2.05, 4.69) is 46.9 Å². The number of phenols is 1. The lowest BCUT2D eigenvalue weighted by atomic mass is 9.87. The fraction of sp³-hybridized carbons (Fsp3) is 0.483. The molecule has 0 radical (unpaired) electrons. The molecule has 2 aliphatic rings. The fourth-order valence-electron chi connectivity index (χ4n) is 5.12. The number of aromatic nitrogens is 1. The number of carbonyl (C=O) groups is 2. The molecule has 2 aliphatic heterocycles. The van der Waals surface area contributed by atoms with Crippen LogP contribution in [-0.2, 0) is 16.0 Å². The smallest absolute Gasteiger partial charge is 0.328 e. The quantitative estimate of drug-likeness (QED) is 0.384. The highest BCUT2D eigenvalue weighted by Crippen LogP contribution is 2.43. The van der Waals surface area contributed by atoms with Crippen LogP contribution in [0.5, 0.6) is 11.5 Å². The number of anilines is 2. The van der Waals surface area contributed by atoms with Gasteiger partial charge in [0.2, 0.25) is 0 Å². The van der Waals surface area contributed by atoms with E-state index in [4.69, 9.17) is 14.9 Å². The molecule has 2 aromatic rings. The number of carboxylic acid groups (broad SMARTS) is 2. The number of rotatable bonds is 7. The number of benzene rings is 1. The van der Waals surface area contributed by atoms with E-state index in [1.165, 1.54) is 5.56 Å². The number of hydrogen-bond acceptors (Lipinski definition) is 8. The van der Waals surface area contributed by atoms with E-state index in [1.54, 1.807) is 0 Å². The predicted molar refractivity (Wildman–Crippen MR) is 151 cm³/mol. The van der Waals surface area contributed by atoms with Gasteiger partial charge in [-0.15, -0.1) is 0 Å². The van der Waals surface area contributed by atoms with Crippen LogP contribution in [0.1, 0.15) is 42.5 Å². The fourth-order valence-corrected chi connectivity index (χ4v) is 5.12. The van der Waals surface area contributed by atoms with E-state index in [0.29, 0.717) is 17.9 Å². The van der Waals surface area contributed by atoms with Gasteiger partial charge in [0.15, 0.2) is 5.82 Å². The van der Waals surface area contributed by atoms with Gasteiger partial charge in [-0.2, -0.15) is 0 Å². The Morgan fingerprint density at radius 3 is 2.31 bits per heavy atom. The van der Waals surface area contributed by atoms with Crippen molar-refractivity contribution in [3.63, 3.8) is 0 Å². The zero-order chi connectivity index (χ0) is 28.7. The molecule has 0 bridgehead atoms. The standard InChI is InChI=1S/C25H36N4O2.C4H4O4/c1-6-26-21-8-7-11-27-24(21)29-14-12-28(13-15-29)16-25(5)10-9-20-19(4)22(30)17(2)18(3)23(20)31-25;5-3(6)1-2-4(7)8/h7-8,11,26,30H,6,9-10,12-16H2,1-5H3;1-2H,(H,5,6)(H,7,8)/b;2-1-. The number of aromatic hydroxyl groups is 1. The molecule has 1 aromatic carbocycles. The van der Waals surface area contributed by atoms with Crippen LogP contribution in [-0.4, -0.2) is 82.0 Å². The summed E-state index contributed by atoms with van der Waals surface area (Å²) in [5.41, 5.74) is 5.05. The van der Waals surface area contributed by atoms with Gasteiger partial charge in [0, 0.05) is 63.2 Å². The normalized spacial score (nSPS) is 19.1. The van der Waals surface area contributed by atoms with Gasteiger partial charge in [-0.3, -0.25) is 4.90 Å². The highest BCUT2D eigenvalue weighted by molar-refractivity contribution is 5.89. The maximum atomic E-state index is 10.4. The minimum absolute atomic E-state index is 0.213. The van der Waals surface area contributed by atoms with Crippen molar-refractivity contribution >= 4 is 23.4 Å². The summed E-state index contributed by atoms with van der Waals surface area (Å²) >= 11 is 0. The molecule has 0 saturated carbocycles. The first-order chi connectivity index (χ1) is 18.5. The molecule has 0 amide bonds. The maximum Gasteiger partial charge on any atom is 0.328 e. The molecule has 10 nitrogen and oxygen atoms in total. The Morgan fingerprint density at radius 2 is 1.72 bits per heavy atom. The molecule has 0 spiro atoms. The molecule has 1 atom stereocenters. The zero-order valence-corrected chi connectivity index (χ0v) is 23.5. The van der Waals surface area contributed by atoms with Crippen LogP contribution in [0, 0.1) is 20.8 Å². The SMILES string of the molecule is CCNc1cccnc1N1CCN(CC2(C)CCc3c(C)c(O)c(C)c(C)c3O2)CC1.O=C(O)/C=C\C(=O)O. The van der Waals surface area contributed by atoms with E-state index < -0.39 is 11.9 Å². The van der Waals surface area contributed by atoms with Crippen LogP contribution in [0.15, 0.2) is 30.5 Å². The topological polar surface area (TPSA) is 135 Å². The number of hydrogen-bond donors (Lipinski definition) is 4. The van der Waals surface area contributed by atoms with Crippen LogP contribution in [0.25, 0.3) is 0 Å². The van der Waals surface area contributed by atoms with Crippen LogP contribution in [0.4, 0.5) is 11.5 Å². The molecule has 1 aromatic heterocycles. The third-order valence-corrected chi connectivity index (χ3v) is 7.34. The van der Waals surface area contributed by atoms with Gasteiger partial charge in [-0.05, 0) is 76.3 Å². The second-order valence-corrected chi connectivity index (χ2v) is 10.3. The van der Waals surface area contributed by atoms with Crippen molar-refractivity contribution in [1.29, 1.82) is 0 Å². The van der Waals surface area contributed by atoms with Gasteiger partial charge in [-0.25, -0.2) is 14.6 Å². The van der Waals surface area contributed by atoms with E-state index in [9.17, 15) is 14.7 Å². The molecule has 4 rings (SSSR count). The average Bonchev–Trinajstić information content (AvgIpc) is 2.91. The molecular formula is C29H40N4O6. The third kappa shape index (κ3) is 7.41. The number of pyridine rings is 1. The van der Waals surface area contributed by atoms with Crippen molar-refractivity contribution in [2.45, 2.75) is 53.1 Å². The molecule has 4 N–H and O–H groups in total. The zero-order valence-electron chi connectivity index (χ0n) is 23.5. The van der Waals surface area contributed by atoms with Crippen LogP contribution in [0.3, 0.4) is 0 Å². The highest BCUT2D eigenvalue weighted by Gasteiger charge is 2.37. The Labute approximate surface area is 229 Å². The predicted octanol–water partition coefficient (Wildman–Crippen LogP) is 3.76. The van der Waals surface area contributed by atoms with Crippen molar-refractivity contribution in [2.75, 3.05) is 49.5 Å². The summed E-state index contributed by atoms with van der Waals surface area (Å²) in [6, 6.07) is 4.10. The number of carboxylic acids is 2. The summed E-state index contributed by atoms with van der Waals surface area (Å²) in [6.07, 6.45) is 4.91. The minimum atomic E-state index is -1.26. The molecule has 0 aliphatic carbocycles. The molecule has 1 saturated heterocycles. The van der Waals surface area contributed by atoms with Crippen LogP contribution < -0.4 is 15.0 Å². The van der Waals surface area contributed by atoms with E-state index in [1.807, 2.05) is 26.1 Å². The van der Waals surface area contributed by atoms with Gasteiger partial charge in [0.25, 0.3) is 0 Å². The van der Waals surface area contributed by atoms with E-state index in [0.717, 1.165) is 86.1 Å². The summed E-state index contributed by atoms with van der Waals surface area (Å²) in [6.45, 7) is 16.1. The molecule has 212 valence electrons. The summed E-state index contributed by atoms with van der Waals surface area (Å²) < 4.78 is 6.64.